The third-order valence-electron chi connectivity index (χ3n) is 5.09. The summed E-state index contributed by atoms with van der Waals surface area (Å²) in [5, 5.41) is 0. The smallest absolute Gasteiger partial charge is 0.242 e. The van der Waals surface area contributed by atoms with E-state index < -0.39 is 0 Å². The Morgan fingerprint density at radius 2 is 1.95 bits per heavy atom. The molecule has 1 atom stereocenters. The minimum atomic E-state index is -0.257. The summed E-state index contributed by atoms with van der Waals surface area (Å²) in [6.07, 6.45) is 6.16. The fourth-order valence-electron chi connectivity index (χ4n) is 3.86. The number of carbonyl (C=O) groups excluding carboxylic acids is 1. The summed E-state index contributed by atoms with van der Waals surface area (Å²) in [4.78, 5) is 23.5. The summed E-state index contributed by atoms with van der Waals surface area (Å²) >= 11 is 0. The second kappa shape index (κ2) is 5.88. The molecule has 0 saturated carbocycles. The van der Waals surface area contributed by atoms with Crippen LogP contribution in [-0.4, -0.2) is 60.5 Å². The van der Waals surface area contributed by atoms with Crippen LogP contribution in [-0.2, 0) is 11.3 Å². The molecule has 0 aliphatic carbocycles. The van der Waals surface area contributed by atoms with E-state index in [0.29, 0.717) is 5.91 Å². The van der Waals surface area contributed by atoms with E-state index in [1.54, 1.807) is 0 Å². The van der Waals surface area contributed by atoms with Gasteiger partial charge < -0.3 is 9.80 Å². The number of likely N-dealkylation sites (N-methyl/N-ethyl adjacent to an activating group) is 1. The van der Waals surface area contributed by atoms with E-state index in [-0.39, 0.29) is 5.54 Å². The van der Waals surface area contributed by atoms with Crippen LogP contribution in [0.1, 0.15) is 31.2 Å². The molecule has 1 unspecified atom stereocenters. The van der Waals surface area contributed by atoms with Gasteiger partial charge in [-0.15, -0.1) is 0 Å². The van der Waals surface area contributed by atoms with Crippen molar-refractivity contribution in [3.63, 3.8) is 0 Å². The Labute approximate surface area is 132 Å². The van der Waals surface area contributed by atoms with Crippen LogP contribution in [0, 0.1) is 0 Å². The topological polar surface area (TPSA) is 39.7 Å². The molecule has 2 aliphatic heterocycles. The Morgan fingerprint density at radius 1 is 1.23 bits per heavy atom. The van der Waals surface area contributed by atoms with Gasteiger partial charge in [-0.3, -0.25) is 9.69 Å². The lowest BCUT2D eigenvalue weighted by Gasteiger charge is -2.43. The van der Waals surface area contributed by atoms with Crippen LogP contribution in [0.4, 0.5) is 5.82 Å². The average Bonchev–Trinajstić information content (AvgIpc) is 2.89. The average molecular weight is 302 g/mol. The van der Waals surface area contributed by atoms with Crippen molar-refractivity contribution in [1.82, 2.24) is 14.8 Å². The predicted octanol–water partition coefficient (Wildman–Crippen LogP) is 1.73. The molecule has 1 spiro atoms. The fraction of sp³-hybridized carbons (Fsp3) is 0.647. The Bertz CT molecular complexity index is 542. The quantitative estimate of drug-likeness (QED) is 0.852. The van der Waals surface area contributed by atoms with E-state index in [2.05, 4.69) is 16.0 Å². The minimum Gasteiger partial charge on any atom is -0.363 e. The van der Waals surface area contributed by atoms with E-state index in [1.165, 1.54) is 5.56 Å². The molecule has 3 rings (SSSR count). The monoisotopic (exact) mass is 302 g/mol. The van der Waals surface area contributed by atoms with Gasteiger partial charge in [0.05, 0.1) is 0 Å². The first-order valence-electron chi connectivity index (χ1n) is 8.16. The van der Waals surface area contributed by atoms with Gasteiger partial charge in [-0.25, -0.2) is 4.98 Å². The maximum Gasteiger partial charge on any atom is 0.242 e. The Hall–Kier alpha value is -1.62. The molecule has 2 saturated heterocycles. The second-order valence-electron chi connectivity index (χ2n) is 6.81. The number of likely N-dealkylation sites (tertiary alicyclic amines) is 2. The number of aromatic nitrogens is 1. The molecule has 3 heterocycles. The third kappa shape index (κ3) is 2.58. The lowest BCUT2D eigenvalue weighted by atomic mass is 9.85. The third-order valence-corrected chi connectivity index (χ3v) is 5.09. The van der Waals surface area contributed by atoms with Crippen molar-refractivity contribution in [2.75, 3.05) is 39.1 Å². The molecule has 0 aromatic carbocycles. The molecule has 0 bridgehead atoms. The lowest BCUT2D eigenvalue weighted by Crippen LogP contribution is -2.58. The molecule has 2 fully saturated rings. The van der Waals surface area contributed by atoms with Gasteiger partial charge in [0.15, 0.2) is 0 Å². The van der Waals surface area contributed by atoms with Gasteiger partial charge in [0.25, 0.3) is 0 Å². The number of hydrogen-bond acceptors (Lipinski definition) is 4. The highest BCUT2D eigenvalue weighted by Gasteiger charge is 2.49. The highest BCUT2D eigenvalue weighted by Crippen LogP contribution is 2.38. The molecule has 1 aromatic rings. The Balaban J connectivity index is 1.77. The van der Waals surface area contributed by atoms with Crippen LogP contribution in [0.25, 0.3) is 0 Å². The van der Waals surface area contributed by atoms with E-state index in [4.69, 9.17) is 0 Å². The zero-order chi connectivity index (χ0) is 15.7. The molecule has 0 N–H and O–H groups in total. The summed E-state index contributed by atoms with van der Waals surface area (Å²) < 4.78 is 0. The zero-order valence-corrected chi connectivity index (χ0v) is 13.9. The van der Waals surface area contributed by atoms with Gasteiger partial charge in [-0.05, 0) is 43.9 Å². The zero-order valence-electron chi connectivity index (χ0n) is 13.9. The largest absolute Gasteiger partial charge is 0.363 e. The summed E-state index contributed by atoms with van der Waals surface area (Å²) in [6, 6.07) is 4.18. The van der Waals surface area contributed by atoms with Crippen LogP contribution < -0.4 is 4.90 Å². The first kappa shape index (κ1) is 15.3. The van der Waals surface area contributed by atoms with Crippen molar-refractivity contribution in [1.29, 1.82) is 0 Å². The SMILES string of the molecule is CN1CCCC2(CCCN2Cc2ccc(N(C)C)nc2)C1=O. The van der Waals surface area contributed by atoms with Crippen LogP contribution in [0.5, 0.6) is 0 Å². The van der Waals surface area contributed by atoms with Crippen molar-refractivity contribution in [3.8, 4) is 0 Å². The highest BCUT2D eigenvalue weighted by atomic mass is 16.2. The first-order valence-corrected chi connectivity index (χ1v) is 8.16. The normalized spacial score (nSPS) is 26.0. The first-order chi connectivity index (χ1) is 10.5. The number of anilines is 1. The molecule has 22 heavy (non-hydrogen) atoms. The van der Waals surface area contributed by atoms with E-state index in [0.717, 1.165) is 51.1 Å². The number of nitrogens with zero attached hydrogens (tertiary/aromatic N) is 4. The van der Waals surface area contributed by atoms with Crippen molar-refractivity contribution in [2.45, 2.75) is 37.8 Å². The number of pyridine rings is 1. The van der Waals surface area contributed by atoms with E-state index >= 15 is 0 Å². The summed E-state index contributed by atoms with van der Waals surface area (Å²) in [5.74, 6) is 1.28. The van der Waals surface area contributed by atoms with Crippen LogP contribution in [0.15, 0.2) is 18.3 Å². The summed E-state index contributed by atoms with van der Waals surface area (Å²) in [5.41, 5.74) is 0.931. The van der Waals surface area contributed by atoms with Gasteiger partial charge in [-0.1, -0.05) is 6.07 Å². The summed E-state index contributed by atoms with van der Waals surface area (Å²) in [7, 11) is 5.93. The molecular weight excluding hydrogens is 276 g/mol. The predicted molar refractivity (Wildman–Crippen MR) is 87.8 cm³/mol. The van der Waals surface area contributed by atoms with Crippen molar-refractivity contribution < 1.29 is 4.79 Å². The van der Waals surface area contributed by atoms with Crippen LogP contribution in [0.3, 0.4) is 0 Å². The van der Waals surface area contributed by atoms with Gasteiger partial charge >= 0.3 is 0 Å². The van der Waals surface area contributed by atoms with Crippen molar-refractivity contribution in [2.24, 2.45) is 0 Å². The maximum absolute atomic E-state index is 12.8. The maximum atomic E-state index is 12.8. The molecule has 5 heteroatoms. The second-order valence-corrected chi connectivity index (χ2v) is 6.81. The number of rotatable bonds is 3. The van der Waals surface area contributed by atoms with Crippen molar-refractivity contribution >= 4 is 11.7 Å². The molecule has 120 valence electrons. The Morgan fingerprint density at radius 3 is 2.59 bits per heavy atom. The van der Waals surface area contributed by atoms with Crippen molar-refractivity contribution in [3.05, 3.63) is 23.9 Å². The number of piperidine rings is 1. The van der Waals surface area contributed by atoms with Crippen LogP contribution >= 0.6 is 0 Å². The molecule has 0 radical (unpaired) electrons. The number of carbonyl (C=O) groups is 1. The van der Waals surface area contributed by atoms with Gasteiger partial charge in [-0.2, -0.15) is 0 Å². The minimum absolute atomic E-state index is 0.257. The molecule has 5 nitrogen and oxygen atoms in total. The standard InChI is InChI=1S/C17H26N4O/c1-19(2)15-7-6-14(12-18-15)13-21-11-5-9-17(21)8-4-10-20(3)16(17)22/h6-7,12H,4-5,8-11,13H2,1-3H3. The van der Waals surface area contributed by atoms with Crippen LogP contribution in [0.2, 0.25) is 0 Å². The molecule has 1 aromatic heterocycles. The van der Waals surface area contributed by atoms with E-state index in [9.17, 15) is 4.79 Å². The fourth-order valence-corrected chi connectivity index (χ4v) is 3.86. The summed E-state index contributed by atoms with van der Waals surface area (Å²) in [6.45, 7) is 2.73. The number of hydrogen-bond donors (Lipinski definition) is 0. The highest BCUT2D eigenvalue weighted by molar-refractivity contribution is 5.87. The molecule has 2 aliphatic rings. The molecular formula is C17H26N4O. The van der Waals surface area contributed by atoms with Gasteiger partial charge in [0.2, 0.25) is 5.91 Å². The molecule has 1 amide bonds. The lowest BCUT2D eigenvalue weighted by molar-refractivity contribution is -0.146. The number of amides is 1. The Kier molecular flexibility index (Phi) is 4.08. The van der Waals surface area contributed by atoms with E-state index in [1.807, 2.05) is 43.2 Å². The van der Waals surface area contributed by atoms with Gasteiger partial charge in [0.1, 0.15) is 11.4 Å². The van der Waals surface area contributed by atoms with Gasteiger partial charge in [0, 0.05) is 40.4 Å².